The van der Waals surface area contributed by atoms with Crippen molar-refractivity contribution in [2.75, 3.05) is 10.6 Å². The number of rotatable bonds is 5. The van der Waals surface area contributed by atoms with Crippen LogP contribution in [-0.2, 0) is 11.2 Å². The fraction of sp³-hybridized carbons (Fsp3) is 0.0500. The first-order valence-corrected chi connectivity index (χ1v) is 7.90. The molecule has 0 spiro atoms. The minimum atomic E-state index is -0.369. The van der Waals surface area contributed by atoms with Gasteiger partial charge in [0.05, 0.1) is 29.9 Å². The maximum absolute atomic E-state index is 13.1. The van der Waals surface area contributed by atoms with E-state index >= 15 is 0 Å². The number of anilines is 3. The Morgan fingerprint density at radius 3 is 2.50 bits per heavy atom. The lowest BCUT2D eigenvalue weighted by Gasteiger charge is -2.08. The molecule has 0 atom stereocenters. The van der Waals surface area contributed by atoms with Gasteiger partial charge in [0.15, 0.2) is 0 Å². The van der Waals surface area contributed by atoms with Crippen LogP contribution in [0.1, 0.15) is 11.1 Å². The van der Waals surface area contributed by atoms with Crippen LogP contribution in [0.5, 0.6) is 0 Å². The first-order chi connectivity index (χ1) is 12.6. The van der Waals surface area contributed by atoms with Crippen LogP contribution < -0.4 is 10.6 Å². The first-order valence-electron chi connectivity index (χ1n) is 7.90. The summed E-state index contributed by atoms with van der Waals surface area (Å²) in [5.41, 5.74) is 2.76. The van der Waals surface area contributed by atoms with Gasteiger partial charge in [-0.2, -0.15) is 5.26 Å². The summed E-state index contributed by atoms with van der Waals surface area (Å²) in [6, 6.07) is 18.5. The smallest absolute Gasteiger partial charge is 0.229 e. The summed E-state index contributed by atoms with van der Waals surface area (Å²) >= 11 is 0. The van der Waals surface area contributed by atoms with E-state index in [2.05, 4.69) is 21.7 Å². The van der Waals surface area contributed by atoms with Crippen LogP contribution in [0.3, 0.4) is 0 Å². The molecule has 0 aliphatic carbocycles. The van der Waals surface area contributed by atoms with E-state index in [1.807, 2.05) is 0 Å². The van der Waals surface area contributed by atoms with Gasteiger partial charge in [0, 0.05) is 5.69 Å². The van der Waals surface area contributed by atoms with Crippen molar-refractivity contribution in [3.8, 4) is 6.07 Å². The van der Waals surface area contributed by atoms with Crippen molar-refractivity contribution >= 4 is 23.1 Å². The third-order valence-electron chi connectivity index (χ3n) is 3.59. The molecule has 128 valence electrons. The number of nitrogens with zero attached hydrogens (tertiary/aromatic N) is 2. The van der Waals surface area contributed by atoms with Crippen LogP contribution in [0.15, 0.2) is 66.9 Å². The predicted octanol–water partition coefficient (Wildman–Crippen LogP) is 4.02. The molecule has 6 heteroatoms. The lowest BCUT2D eigenvalue weighted by Crippen LogP contribution is -2.15. The monoisotopic (exact) mass is 346 g/mol. The standard InChI is InChI=1S/C20H15FN4O/c21-16-3-1-2-15(10-16)11-20(26)25-19-9-8-18(13-23-19)24-17-6-4-14(12-22)5-7-17/h1-10,13,24H,11H2,(H,23,25,26). The summed E-state index contributed by atoms with van der Waals surface area (Å²) in [5.74, 6) is -0.223. The SMILES string of the molecule is N#Cc1ccc(Nc2ccc(NC(=O)Cc3cccc(F)c3)nc2)cc1. The maximum Gasteiger partial charge on any atom is 0.229 e. The molecule has 5 nitrogen and oxygen atoms in total. The van der Waals surface area contributed by atoms with Crippen LogP contribution in [-0.4, -0.2) is 10.9 Å². The van der Waals surface area contributed by atoms with Crippen molar-refractivity contribution in [2.45, 2.75) is 6.42 Å². The van der Waals surface area contributed by atoms with E-state index in [1.165, 1.54) is 12.1 Å². The molecule has 0 unspecified atom stereocenters. The van der Waals surface area contributed by atoms with Gasteiger partial charge < -0.3 is 10.6 Å². The van der Waals surface area contributed by atoms with Crippen molar-refractivity contribution in [3.05, 3.63) is 83.8 Å². The molecule has 1 heterocycles. The van der Waals surface area contributed by atoms with Crippen LogP contribution in [0.2, 0.25) is 0 Å². The highest BCUT2D eigenvalue weighted by atomic mass is 19.1. The molecule has 0 aliphatic rings. The summed E-state index contributed by atoms with van der Waals surface area (Å²) in [7, 11) is 0. The van der Waals surface area contributed by atoms with E-state index in [-0.39, 0.29) is 18.1 Å². The number of nitriles is 1. The molecule has 0 bridgehead atoms. The van der Waals surface area contributed by atoms with Crippen LogP contribution in [0.4, 0.5) is 21.6 Å². The number of carbonyl (C=O) groups is 1. The maximum atomic E-state index is 13.1. The Morgan fingerprint density at radius 1 is 1.08 bits per heavy atom. The van der Waals surface area contributed by atoms with Gasteiger partial charge in [-0.15, -0.1) is 0 Å². The molecule has 3 rings (SSSR count). The topological polar surface area (TPSA) is 77.8 Å². The molecule has 0 radical (unpaired) electrons. The normalized spacial score (nSPS) is 10.0. The van der Waals surface area contributed by atoms with E-state index in [1.54, 1.807) is 54.7 Å². The van der Waals surface area contributed by atoms with Crippen LogP contribution in [0.25, 0.3) is 0 Å². The molecule has 0 fully saturated rings. The molecule has 0 saturated carbocycles. The predicted molar refractivity (Wildman–Crippen MR) is 97.4 cm³/mol. The van der Waals surface area contributed by atoms with Crippen molar-refractivity contribution in [3.63, 3.8) is 0 Å². The quantitative estimate of drug-likeness (QED) is 0.731. The van der Waals surface area contributed by atoms with Crippen molar-refractivity contribution in [2.24, 2.45) is 0 Å². The number of halogens is 1. The molecule has 3 aromatic rings. The summed E-state index contributed by atoms with van der Waals surface area (Å²) in [6.07, 6.45) is 1.67. The number of hydrogen-bond acceptors (Lipinski definition) is 4. The van der Waals surface area contributed by atoms with Crippen molar-refractivity contribution in [1.29, 1.82) is 5.26 Å². The minimum Gasteiger partial charge on any atom is -0.354 e. The lowest BCUT2D eigenvalue weighted by atomic mass is 10.1. The largest absolute Gasteiger partial charge is 0.354 e. The highest BCUT2D eigenvalue weighted by Crippen LogP contribution is 2.17. The second kappa shape index (κ2) is 7.90. The highest BCUT2D eigenvalue weighted by molar-refractivity contribution is 5.91. The molecule has 0 aliphatic heterocycles. The van der Waals surface area contributed by atoms with Crippen LogP contribution in [0, 0.1) is 17.1 Å². The summed E-state index contributed by atoms with van der Waals surface area (Å²) < 4.78 is 13.1. The Labute approximate surface area is 150 Å². The first kappa shape index (κ1) is 17.1. The average Bonchev–Trinajstić information content (AvgIpc) is 2.64. The Hall–Kier alpha value is -3.72. The third-order valence-corrected chi connectivity index (χ3v) is 3.59. The summed E-state index contributed by atoms with van der Waals surface area (Å²) in [5, 5.41) is 14.6. The van der Waals surface area contributed by atoms with Gasteiger partial charge in [-0.3, -0.25) is 4.79 Å². The number of pyridine rings is 1. The van der Waals surface area contributed by atoms with Gasteiger partial charge >= 0.3 is 0 Å². The Balaban J connectivity index is 1.58. The second-order valence-corrected chi connectivity index (χ2v) is 5.60. The average molecular weight is 346 g/mol. The number of carbonyl (C=O) groups excluding carboxylic acids is 1. The molecule has 26 heavy (non-hydrogen) atoms. The number of nitrogens with one attached hydrogen (secondary N) is 2. The number of aromatic nitrogens is 1. The van der Waals surface area contributed by atoms with Gasteiger partial charge in [0.1, 0.15) is 11.6 Å². The highest BCUT2D eigenvalue weighted by Gasteiger charge is 2.06. The zero-order valence-corrected chi connectivity index (χ0v) is 13.7. The van der Waals surface area contributed by atoms with E-state index in [0.717, 1.165) is 11.4 Å². The molecule has 0 saturated heterocycles. The summed E-state index contributed by atoms with van der Waals surface area (Å²) in [4.78, 5) is 16.2. The minimum absolute atomic E-state index is 0.0741. The Morgan fingerprint density at radius 2 is 1.85 bits per heavy atom. The van der Waals surface area contributed by atoms with Crippen molar-refractivity contribution in [1.82, 2.24) is 4.98 Å². The Kier molecular flexibility index (Phi) is 5.20. The molecular weight excluding hydrogens is 331 g/mol. The second-order valence-electron chi connectivity index (χ2n) is 5.60. The van der Waals surface area contributed by atoms with E-state index < -0.39 is 0 Å². The number of amides is 1. The Bertz CT molecular complexity index is 947. The number of hydrogen-bond donors (Lipinski definition) is 2. The summed E-state index contributed by atoms with van der Waals surface area (Å²) in [6.45, 7) is 0. The van der Waals surface area contributed by atoms with E-state index in [9.17, 15) is 9.18 Å². The fourth-order valence-corrected chi connectivity index (χ4v) is 2.36. The zero-order valence-electron chi connectivity index (χ0n) is 13.7. The van der Waals surface area contributed by atoms with Gasteiger partial charge in [-0.05, 0) is 54.1 Å². The van der Waals surface area contributed by atoms with E-state index in [0.29, 0.717) is 16.9 Å². The van der Waals surface area contributed by atoms with Crippen LogP contribution >= 0.6 is 0 Å². The van der Waals surface area contributed by atoms with Gasteiger partial charge in [-0.25, -0.2) is 9.37 Å². The van der Waals surface area contributed by atoms with Gasteiger partial charge in [0.2, 0.25) is 5.91 Å². The third kappa shape index (κ3) is 4.65. The molecule has 1 amide bonds. The van der Waals surface area contributed by atoms with E-state index in [4.69, 9.17) is 5.26 Å². The molecule has 1 aromatic heterocycles. The fourth-order valence-electron chi connectivity index (χ4n) is 2.36. The molecular formula is C20H15FN4O. The number of benzene rings is 2. The van der Waals surface area contributed by atoms with Gasteiger partial charge in [0.25, 0.3) is 0 Å². The zero-order chi connectivity index (χ0) is 18.4. The lowest BCUT2D eigenvalue weighted by molar-refractivity contribution is -0.115. The van der Waals surface area contributed by atoms with Gasteiger partial charge in [-0.1, -0.05) is 12.1 Å². The van der Waals surface area contributed by atoms with Crippen molar-refractivity contribution < 1.29 is 9.18 Å². The molecule has 2 aromatic carbocycles. The molecule has 2 N–H and O–H groups in total.